The van der Waals surface area contributed by atoms with Crippen LogP contribution < -0.4 is 17.7 Å². The Morgan fingerprint density at radius 3 is 2.03 bits per heavy atom. The van der Waals surface area contributed by atoms with E-state index in [-0.39, 0.29) is 24.3 Å². The van der Waals surface area contributed by atoms with Gasteiger partial charge in [0.05, 0.1) is 20.6 Å². The molecule has 0 bridgehead atoms. The van der Waals surface area contributed by atoms with Crippen molar-refractivity contribution in [2.75, 3.05) is 40.3 Å². The summed E-state index contributed by atoms with van der Waals surface area (Å²) in [5.74, 6) is -0.0212. The predicted molar refractivity (Wildman–Crippen MR) is 145 cm³/mol. The van der Waals surface area contributed by atoms with Crippen LogP contribution in [0.4, 0.5) is 0 Å². The van der Waals surface area contributed by atoms with E-state index >= 15 is 0 Å². The molecule has 0 aromatic rings. The number of likely N-dealkylation sites (N-methyl/N-ethyl adjacent to an activating group) is 1. The van der Waals surface area contributed by atoms with Crippen molar-refractivity contribution in [1.82, 2.24) is 5.32 Å². The number of halogens is 1. The third-order valence-corrected chi connectivity index (χ3v) is 6.09. The van der Waals surface area contributed by atoms with Gasteiger partial charge in [0.25, 0.3) is 0 Å². The van der Waals surface area contributed by atoms with E-state index in [1.165, 1.54) is 56.1 Å². The van der Waals surface area contributed by atoms with Crippen LogP contribution in [0.15, 0.2) is 23.3 Å². The maximum Gasteiger partial charge on any atom is 0.362 e. The van der Waals surface area contributed by atoms with E-state index in [2.05, 4.69) is 39.1 Å². The van der Waals surface area contributed by atoms with Crippen molar-refractivity contribution in [3.63, 3.8) is 0 Å². The number of hydrogen-bond acceptors (Lipinski definition) is 3. The number of ether oxygens (including phenoxy) is 1. The van der Waals surface area contributed by atoms with E-state index in [1.54, 1.807) is 0 Å². The van der Waals surface area contributed by atoms with Crippen LogP contribution in [-0.4, -0.2) is 56.7 Å². The van der Waals surface area contributed by atoms with Gasteiger partial charge >= 0.3 is 5.97 Å². The highest BCUT2D eigenvalue weighted by molar-refractivity contribution is 5.75. The molecule has 206 valence electrons. The van der Waals surface area contributed by atoms with Crippen molar-refractivity contribution in [3.8, 4) is 0 Å². The van der Waals surface area contributed by atoms with Crippen molar-refractivity contribution in [3.05, 3.63) is 23.3 Å². The fourth-order valence-corrected chi connectivity index (χ4v) is 3.86. The fraction of sp³-hybridized carbons (Fsp3) is 0.793. The summed E-state index contributed by atoms with van der Waals surface area (Å²) in [6.45, 7) is 10.7. The number of carbonyl (C=O) groups is 2. The van der Waals surface area contributed by atoms with Crippen LogP contribution in [0, 0.1) is 0 Å². The molecule has 0 spiro atoms. The predicted octanol–water partition coefficient (Wildman–Crippen LogP) is 3.73. The second-order valence-corrected chi connectivity index (χ2v) is 10.7. The first kappa shape index (κ1) is 35.8. The summed E-state index contributed by atoms with van der Waals surface area (Å²) in [7, 11) is 4.07. The lowest BCUT2D eigenvalue weighted by Crippen LogP contribution is -3.00. The summed E-state index contributed by atoms with van der Waals surface area (Å²) >= 11 is 0. The minimum absolute atomic E-state index is 0. The van der Waals surface area contributed by atoms with Crippen molar-refractivity contribution in [2.24, 2.45) is 0 Å². The number of amides is 1. The third-order valence-electron chi connectivity index (χ3n) is 6.09. The molecule has 0 heterocycles. The van der Waals surface area contributed by atoms with E-state index in [9.17, 15) is 9.59 Å². The SMILES string of the molecule is CCCCCCCCCCCC(=O)NCCC[N+](C)(C)CC(=O)OCC=C(C)CCC=C(C)C.[Cl-]. The zero-order chi connectivity index (χ0) is 25.7. The van der Waals surface area contributed by atoms with E-state index in [0.29, 0.717) is 30.6 Å². The minimum Gasteiger partial charge on any atom is -1.00 e. The van der Waals surface area contributed by atoms with Gasteiger partial charge in [-0.15, -0.1) is 0 Å². The summed E-state index contributed by atoms with van der Waals surface area (Å²) in [4.78, 5) is 24.2. The second-order valence-electron chi connectivity index (χ2n) is 10.7. The van der Waals surface area contributed by atoms with Gasteiger partial charge in [-0.05, 0) is 46.1 Å². The molecule has 0 aliphatic heterocycles. The van der Waals surface area contributed by atoms with Crippen molar-refractivity contribution in [1.29, 1.82) is 0 Å². The number of carbonyl (C=O) groups excluding carboxylic acids is 2. The molecule has 6 heteroatoms. The maximum absolute atomic E-state index is 12.2. The molecule has 35 heavy (non-hydrogen) atoms. The summed E-state index contributed by atoms with van der Waals surface area (Å²) in [6, 6.07) is 0. The summed E-state index contributed by atoms with van der Waals surface area (Å²) in [5.41, 5.74) is 2.58. The van der Waals surface area contributed by atoms with E-state index < -0.39 is 0 Å². The fourth-order valence-electron chi connectivity index (χ4n) is 3.86. The van der Waals surface area contributed by atoms with Crippen LogP contribution in [0.2, 0.25) is 0 Å². The number of hydrogen-bond donors (Lipinski definition) is 1. The molecule has 5 nitrogen and oxygen atoms in total. The molecule has 0 rings (SSSR count). The van der Waals surface area contributed by atoms with Crippen LogP contribution in [0.25, 0.3) is 0 Å². The zero-order valence-corrected chi connectivity index (χ0v) is 24.5. The van der Waals surface area contributed by atoms with Gasteiger partial charge in [-0.1, -0.05) is 75.5 Å². The van der Waals surface area contributed by atoms with E-state index in [1.807, 2.05) is 20.2 Å². The Labute approximate surface area is 223 Å². The lowest BCUT2D eigenvalue weighted by Gasteiger charge is -2.28. The largest absolute Gasteiger partial charge is 1.00 e. The lowest BCUT2D eigenvalue weighted by atomic mass is 10.1. The molecule has 0 atom stereocenters. The first-order chi connectivity index (χ1) is 16.2. The van der Waals surface area contributed by atoms with Gasteiger partial charge in [0.15, 0.2) is 6.54 Å². The molecular formula is C29H55ClN2O3. The highest BCUT2D eigenvalue weighted by Crippen LogP contribution is 2.10. The smallest absolute Gasteiger partial charge is 0.362 e. The Morgan fingerprint density at radius 2 is 1.43 bits per heavy atom. The van der Waals surface area contributed by atoms with Crippen LogP contribution in [-0.2, 0) is 14.3 Å². The number of unbranched alkanes of at least 4 members (excludes halogenated alkanes) is 8. The van der Waals surface area contributed by atoms with Gasteiger partial charge in [0.2, 0.25) is 5.91 Å². The van der Waals surface area contributed by atoms with Crippen molar-refractivity contribution >= 4 is 11.9 Å². The molecule has 0 saturated carbocycles. The molecule has 0 saturated heterocycles. The number of allylic oxidation sites excluding steroid dienone is 3. The average Bonchev–Trinajstić information content (AvgIpc) is 2.75. The Morgan fingerprint density at radius 1 is 0.829 bits per heavy atom. The summed E-state index contributed by atoms with van der Waals surface area (Å²) in [5, 5.41) is 3.03. The maximum atomic E-state index is 12.2. The van der Waals surface area contributed by atoms with E-state index in [0.717, 1.165) is 38.6 Å². The molecule has 0 aliphatic rings. The molecule has 0 fully saturated rings. The number of nitrogens with zero attached hydrogens (tertiary/aromatic N) is 1. The number of rotatable bonds is 21. The minimum atomic E-state index is -0.173. The van der Waals surface area contributed by atoms with Gasteiger partial charge in [0.1, 0.15) is 6.61 Å². The molecule has 1 N–H and O–H groups in total. The number of quaternary nitrogens is 1. The second kappa shape index (κ2) is 23.1. The monoisotopic (exact) mass is 514 g/mol. The molecule has 0 aliphatic carbocycles. The van der Waals surface area contributed by atoms with Gasteiger partial charge < -0.3 is 26.9 Å². The molecule has 1 amide bonds. The number of esters is 1. The van der Waals surface area contributed by atoms with Gasteiger partial charge in [0, 0.05) is 19.4 Å². The summed E-state index contributed by atoms with van der Waals surface area (Å²) in [6.07, 6.45) is 19.1. The molecule has 0 radical (unpaired) electrons. The first-order valence-corrected chi connectivity index (χ1v) is 13.7. The normalized spacial score (nSPS) is 11.5. The zero-order valence-electron chi connectivity index (χ0n) is 23.7. The molecular weight excluding hydrogens is 460 g/mol. The van der Waals surface area contributed by atoms with Gasteiger partial charge in [-0.3, -0.25) is 4.79 Å². The summed E-state index contributed by atoms with van der Waals surface area (Å²) < 4.78 is 5.97. The number of nitrogens with one attached hydrogen (secondary N) is 1. The van der Waals surface area contributed by atoms with Crippen LogP contribution in [0.1, 0.15) is 111 Å². The third kappa shape index (κ3) is 25.6. The Balaban J connectivity index is 0. The van der Waals surface area contributed by atoms with Crippen molar-refractivity contribution < 1.29 is 31.2 Å². The highest BCUT2D eigenvalue weighted by atomic mass is 35.5. The van der Waals surface area contributed by atoms with Crippen LogP contribution >= 0.6 is 0 Å². The first-order valence-electron chi connectivity index (χ1n) is 13.7. The Bertz CT molecular complexity index is 611. The van der Waals surface area contributed by atoms with Gasteiger partial charge in [-0.2, -0.15) is 0 Å². The topological polar surface area (TPSA) is 55.4 Å². The van der Waals surface area contributed by atoms with E-state index in [4.69, 9.17) is 4.74 Å². The quantitative estimate of drug-likeness (QED) is 0.110. The standard InChI is InChI=1S/C29H54N2O3.ClH/c1-7-8-9-10-11-12-13-14-15-20-28(32)30-22-17-23-31(5,6)25-29(33)34-24-21-27(4)19-16-18-26(2)3;/h18,21H,7-17,19-20,22-25H2,1-6H3;1H. The van der Waals surface area contributed by atoms with Crippen molar-refractivity contribution in [2.45, 2.75) is 111 Å². The molecule has 0 unspecified atom stereocenters. The molecule has 0 aromatic carbocycles. The van der Waals surface area contributed by atoms with Gasteiger partial charge in [-0.25, -0.2) is 4.79 Å². The molecule has 0 aromatic heterocycles. The van der Waals surface area contributed by atoms with Crippen LogP contribution in [0.3, 0.4) is 0 Å². The Kier molecular flexibility index (Phi) is 23.6. The Hall–Kier alpha value is -1.33. The highest BCUT2D eigenvalue weighted by Gasteiger charge is 2.20. The lowest BCUT2D eigenvalue weighted by molar-refractivity contribution is -0.883. The average molecular weight is 515 g/mol. The van der Waals surface area contributed by atoms with Crippen LogP contribution in [0.5, 0.6) is 0 Å².